The predicted octanol–water partition coefficient (Wildman–Crippen LogP) is 2.04. The molecule has 0 aliphatic heterocycles. The van der Waals surface area contributed by atoms with Crippen molar-refractivity contribution in [1.82, 2.24) is 0 Å². The second kappa shape index (κ2) is 3.39. The summed E-state index contributed by atoms with van der Waals surface area (Å²) in [6.45, 7) is 2.31. The van der Waals surface area contributed by atoms with Gasteiger partial charge in [0, 0.05) is 0 Å². The molecule has 0 aromatic rings. The van der Waals surface area contributed by atoms with Gasteiger partial charge in [-0.05, 0) is 0 Å². The first-order valence-electron chi connectivity index (χ1n) is 3.12. The summed E-state index contributed by atoms with van der Waals surface area (Å²) in [6, 6.07) is 0. The van der Waals surface area contributed by atoms with Crippen LogP contribution in [0, 0.1) is 0 Å². The summed E-state index contributed by atoms with van der Waals surface area (Å²) in [7, 11) is 0. The molecular formula is C7H10In. The summed E-state index contributed by atoms with van der Waals surface area (Å²) >= 11 is -0.176. The fourth-order valence-electron chi connectivity index (χ4n) is 0.878. The van der Waals surface area contributed by atoms with Gasteiger partial charge >= 0.3 is 62.0 Å². The Balaban J connectivity index is 2.27. The molecule has 1 radical (unpaired) electrons. The Morgan fingerprint density at radius 1 is 1.38 bits per heavy atom. The molecule has 41 valence electrons. The Morgan fingerprint density at radius 2 is 2.00 bits per heavy atom. The Labute approximate surface area is 62.0 Å². The third kappa shape index (κ3) is 1.70. The maximum atomic E-state index is 2.34. The van der Waals surface area contributed by atoms with Gasteiger partial charge in [0.05, 0.1) is 0 Å². The molecule has 0 bridgehead atoms. The Hall–Kier alpha value is 0.350. The third-order valence-corrected chi connectivity index (χ3v) is 5.45. The summed E-state index contributed by atoms with van der Waals surface area (Å²) in [5.41, 5.74) is 0. The molecule has 0 spiro atoms. The van der Waals surface area contributed by atoms with Crippen molar-refractivity contribution in [3.05, 3.63) is 24.3 Å². The van der Waals surface area contributed by atoms with Gasteiger partial charge in [0.1, 0.15) is 0 Å². The van der Waals surface area contributed by atoms with Gasteiger partial charge in [-0.3, -0.25) is 0 Å². The van der Waals surface area contributed by atoms with Crippen LogP contribution in [0.5, 0.6) is 0 Å². The zero-order chi connectivity index (χ0) is 5.82. The average Bonchev–Trinajstić information content (AvgIpc) is 2.19. The van der Waals surface area contributed by atoms with E-state index >= 15 is 0 Å². The van der Waals surface area contributed by atoms with Gasteiger partial charge in [-0.1, -0.05) is 0 Å². The molecule has 1 heteroatoms. The van der Waals surface area contributed by atoms with E-state index in [4.69, 9.17) is 0 Å². The molecular weight excluding hydrogens is 199 g/mol. The van der Waals surface area contributed by atoms with Crippen LogP contribution in [0.25, 0.3) is 0 Å². The minimum atomic E-state index is -0.176. The molecule has 0 atom stereocenters. The normalized spacial score (nSPS) is 17.6. The van der Waals surface area contributed by atoms with Crippen molar-refractivity contribution in [2.75, 3.05) is 0 Å². The van der Waals surface area contributed by atoms with Crippen LogP contribution in [-0.4, -0.2) is 22.9 Å². The van der Waals surface area contributed by atoms with Crippen LogP contribution in [0.1, 0.15) is 6.92 Å². The van der Waals surface area contributed by atoms with Gasteiger partial charge in [0.2, 0.25) is 0 Å². The molecule has 0 nitrogen and oxygen atoms in total. The molecule has 0 aromatic carbocycles. The van der Waals surface area contributed by atoms with E-state index in [-0.39, 0.29) is 22.9 Å². The van der Waals surface area contributed by atoms with E-state index in [0.717, 1.165) is 3.67 Å². The van der Waals surface area contributed by atoms with Crippen molar-refractivity contribution in [2.24, 2.45) is 0 Å². The van der Waals surface area contributed by atoms with Crippen LogP contribution in [0.3, 0.4) is 0 Å². The van der Waals surface area contributed by atoms with Crippen molar-refractivity contribution in [2.45, 2.75) is 14.8 Å². The maximum absolute atomic E-state index is 2.34. The predicted molar refractivity (Wildman–Crippen MR) is 38.3 cm³/mol. The fourth-order valence-corrected chi connectivity index (χ4v) is 4.06. The standard InChI is InChI=1S/C5H5.C2H5.In/c1-2-4-5-3-1;1-2;/h1-5H;1H2,2H3;. The first-order valence-corrected chi connectivity index (χ1v) is 7.35. The molecule has 0 heterocycles. The van der Waals surface area contributed by atoms with Crippen LogP contribution in [0.15, 0.2) is 24.3 Å². The zero-order valence-electron chi connectivity index (χ0n) is 5.17. The molecule has 1 rings (SSSR count). The zero-order valence-corrected chi connectivity index (χ0v) is 8.47. The molecule has 0 fully saturated rings. The number of rotatable bonds is 2. The molecule has 0 unspecified atom stereocenters. The van der Waals surface area contributed by atoms with Gasteiger partial charge in [-0.15, -0.1) is 0 Å². The van der Waals surface area contributed by atoms with Crippen LogP contribution in [0.4, 0.5) is 0 Å². The van der Waals surface area contributed by atoms with E-state index in [2.05, 4.69) is 31.2 Å². The summed E-state index contributed by atoms with van der Waals surface area (Å²) in [5, 5.41) is 0. The Morgan fingerprint density at radius 3 is 2.50 bits per heavy atom. The Bertz CT molecular complexity index is 102. The van der Waals surface area contributed by atoms with Crippen molar-refractivity contribution in [1.29, 1.82) is 0 Å². The Kier molecular flexibility index (Phi) is 2.74. The molecule has 0 N–H and O–H groups in total. The van der Waals surface area contributed by atoms with Gasteiger partial charge in [0.15, 0.2) is 0 Å². The van der Waals surface area contributed by atoms with Gasteiger partial charge in [-0.2, -0.15) is 0 Å². The summed E-state index contributed by atoms with van der Waals surface area (Å²) in [4.78, 5) is 0. The number of hydrogen-bond donors (Lipinski definition) is 0. The summed E-state index contributed by atoms with van der Waals surface area (Å²) < 4.78 is 2.42. The second-order valence-electron chi connectivity index (χ2n) is 1.99. The summed E-state index contributed by atoms with van der Waals surface area (Å²) in [6.07, 6.45) is 9.02. The number of hydrogen-bond acceptors (Lipinski definition) is 0. The van der Waals surface area contributed by atoms with Crippen molar-refractivity contribution in [3.63, 3.8) is 0 Å². The van der Waals surface area contributed by atoms with Crippen molar-refractivity contribution >= 4 is 22.9 Å². The molecule has 8 heavy (non-hydrogen) atoms. The average molecular weight is 209 g/mol. The van der Waals surface area contributed by atoms with E-state index in [1.165, 1.54) is 4.18 Å². The number of allylic oxidation sites excluding steroid dienone is 4. The first kappa shape index (κ1) is 6.47. The van der Waals surface area contributed by atoms with Gasteiger partial charge in [0.25, 0.3) is 0 Å². The van der Waals surface area contributed by atoms with Crippen molar-refractivity contribution < 1.29 is 0 Å². The van der Waals surface area contributed by atoms with E-state index < -0.39 is 0 Å². The molecule has 1 aliphatic carbocycles. The monoisotopic (exact) mass is 209 g/mol. The van der Waals surface area contributed by atoms with Crippen LogP contribution in [-0.2, 0) is 0 Å². The first-order chi connectivity index (χ1) is 3.93. The topological polar surface area (TPSA) is 0 Å². The van der Waals surface area contributed by atoms with E-state index in [0.29, 0.717) is 0 Å². The fraction of sp³-hybridized carbons (Fsp3) is 0.429. The van der Waals surface area contributed by atoms with E-state index in [1.807, 2.05) is 0 Å². The molecule has 0 saturated carbocycles. The second-order valence-corrected chi connectivity index (χ2v) is 7.86. The van der Waals surface area contributed by atoms with Crippen LogP contribution < -0.4 is 0 Å². The van der Waals surface area contributed by atoms with Crippen molar-refractivity contribution in [3.8, 4) is 0 Å². The SMILES string of the molecule is C[CH2][In][CH]1C=CC=C1. The molecule has 1 aliphatic rings. The minimum absolute atomic E-state index is 0.176. The van der Waals surface area contributed by atoms with Crippen LogP contribution >= 0.6 is 0 Å². The molecule has 0 amide bonds. The van der Waals surface area contributed by atoms with Gasteiger partial charge < -0.3 is 0 Å². The molecule has 0 aromatic heterocycles. The molecule has 0 saturated heterocycles. The third-order valence-electron chi connectivity index (χ3n) is 1.29. The van der Waals surface area contributed by atoms with Gasteiger partial charge in [-0.25, -0.2) is 0 Å². The van der Waals surface area contributed by atoms with E-state index in [9.17, 15) is 0 Å². The quantitative estimate of drug-likeness (QED) is 0.652. The van der Waals surface area contributed by atoms with E-state index in [1.54, 1.807) is 0 Å². The van der Waals surface area contributed by atoms with Crippen LogP contribution in [0.2, 0.25) is 7.85 Å². The summed E-state index contributed by atoms with van der Waals surface area (Å²) in [5.74, 6) is 0.